The molecule has 0 saturated carbocycles. The first-order chi connectivity index (χ1) is 7.33. The highest BCUT2D eigenvalue weighted by molar-refractivity contribution is 5.99. The SMILES string of the molecule is CC/C=C/C=C/C(=O)Nc1ccccc1. The van der Waals surface area contributed by atoms with E-state index in [1.165, 1.54) is 6.08 Å². The van der Waals surface area contributed by atoms with E-state index in [2.05, 4.69) is 5.32 Å². The Morgan fingerprint density at radius 3 is 2.67 bits per heavy atom. The van der Waals surface area contributed by atoms with Crippen molar-refractivity contribution in [3.63, 3.8) is 0 Å². The second kappa shape index (κ2) is 6.60. The van der Waals surface area contributed by atoms with Gasteiger partial charge in [-0.15, -0.1) is 0 Å². The molecule has 1 rings (SSSR count). The molecule has 0 aromatic heterocycles. The molecule has 2 nitrogen and oxygen atoms in total. The first kappa shape index (κ1) is 11.2. The lowest BCUT2D eigenvalue weighted by Crippen LogP contribution is -2.07. The number of hydrogen-bond donors (Lipinski definition) is 1. The molecule has 1 N–H and O–H groups in total. The van der Waals surface area contributed by atoms with Crippen LogP contribution in [0.5, 0.6) is 0 Å². The van der Waals surface area contributed by atoms with Gasteiger partial charge in [0.25, 0.3) is 0 Å². The summed E-state index contributed by atoms with van der Waals surface area (Å²) in [7, 11) is 0. The molecular formula is C13H15NO. The summed E-state index contributed by atoms with van der Waals surface area (Å²) in [4.78, 5) is 11.3. The average Bonchev–Trinajstić information content (AvgIpc) is 2.26. The van der Waals surface area contributed by atoms with Gasteiger partial charge in [-0.2, -0.15) is 0 Å². The van der Waals surface area contributed by atoms with Crippen molar-refractivity contribution in [1.82, 2.24) is 0 Å². The lowest BCUT2D eigenvalue weighted by molar-refractivity contribution is -0.111. The van der Waals surface area contributed by atoms with Crippen LogP contribution in [0, 0.1) is 0 Å². The Morgan fingerprint density at radius 2 is 2.00 bits per heavy atom. The van der Waals surface area contributed by atoms with Crippen molar-refractivity contribution < 1.29 is 4.79 Å². The molecule has 15 heavy (non-hydrogen) atoms. The fraction of sp³-hybridized carbons (Fsp3) is 0.154. The highest BCUT2D eigenvalue weighted by Gasteiger charge is 1.94. The summed E-state index contributed by atoms with van der Waals surface area (Å²) in [5.41, 5.74) is 0.812. The zero-order valence-electron chi connectivity index (χ0n) is 8.81. The van der Waals surface area contributed by atoms with E-state index < -0.39 is 0 Å². The van der Waals surface area contributed by atoms with Crippen molar-refractivity contribution in [2.24, 2.45) is 0 Å². The Kier molecular flexibility index (Phi) is 4.95. The number of amides is 1. The minimum absolute atomic E-state index is 0.109. The van der Waals surface area contributed by atoms with Gasteiger partial charge in [0.1, 0.15) is 0 Å². The van der Waals surface area contributed by atoms with E-state index in [1.54, 1.807) is 6.08 Å². The molecule has 0 aliphatic rings. The summed E-state index contributed by atoms with van der Waals surface area (Å²) in [6.07, 6.45) is 8.09. The number of carbonyl (C=O) groups excluding carboxylic acids is 1. The third-order valence-corrected chi connectivity index (χ3v) is 1.77. The largest absolute Gasteiger partial charge is 0.323 e. The third kappa shape index (κ3) is 4.81. The molecule has 0 saturated heterocycles. The van der Waals surface area contributed by atoms with Crippen molar-refractivity contribution in [1.29, 1.82) is 0 Å². The van der Waals surface area contributed by atoms with Gasteiger partial charge < -0.3 is 5.32 Å². The molecule has 1 aromatic carbocycles. The van der Waals surface area contributed by atoms with Crippen molar-refractivity contribution in [2.45, 2.75) is 13.3 Å². The minimum Gasteiger partial charge on any atom is -0.323 e. The van der Waals surface area contributed by atoms with Crippen LogP contribution in [-0.4, -0.2) is 5.91 Å². The summed E-state index contributed by atoms with van der Waals surface area (Å²) >= 11 is 0. The fourth-order valence-corrected chi connectivity index (χ4v) is 1.06. The standard InChI is InChI=1S/C13H15NO/c1-2-3-4-8-11-13(15)14-12-9-6-5-7-10-12/h3-11H,2H2,1H3,(H,14,15)/b4-3+,11-8+. The Balaban J connectivity index is 2.43. The number of allylic oxidation sites excluding steroid dienone is 3. The molecule has 0 bridgehead atoms. The maximum Gasteiger partial charge on any atom is 0.248 e. The van der Waals surface area contributed by atoms with Crippen LogP contribution in [-0.2, 0) is 4.79 Å². The Morgan fingerprint density at radius 1 is 1.27 bits per heavy atom. The number of carbonyl (C=O) groups is 1. The molecule has 1 aromatic rings. The minimum atomic E-state index is -0.109. The van der Waals surface area contributed by atoms with Gasteiger partial charge in [0, 0.05) is 11.8 Å². The lowest BCUT2D eigenvalue weighted by Gasteiger charge is -1.99. The van der Waals surface area contributed by atoms with Gasteiger partial charge >= 0.3 is 0 Å². The summed E-state index contributed by atoms with van der Waals surface area (Å²) in [5.74, 6) is -0.109. The number of benzene rings is 1. The molecule has 0 unspecified atom stereocenters. The highest BCUT2D eigenvalue weighted by Crippen LogP contribution is 2.04. The monoisotopic (exact) mass is 201 g/mol. The van der Waals surface area contributed by atoms with Crippen molar-refractivity contribution in [3.05, 3.63) is 54.6 Å². The summed E-state index contributed by atoms with van der Waals surface area (Å²) in [6, 6.07) is 9.39. The molecule has 0 spiro atoms. The molecule has 78 valence electrons. The first-order valence-corrected chi connectivity index (χ1v) is 5.02. The number of nitrogens with one attached hydrogen (secondary N) is 1. The van der Waals surface area contributed by atoms with E-state index in [-0.39, 0.29) is 5.91 Å². The lowest BCUT2D eigenvalue weighted by atomic mass is 10.3. The van der Waals surface area contributed by atoms with Gasteiger partial charge in [0.05, 0.1) is 0 Å². The third-order valence-electron chi connectivity index (χ3n) is 1.77. The van der Waals surface area contributed by atoms with E-state index in [1.807, 2.05) is 49.4 Å². The second-order valence-corrected chi connectivity index (χ2v) is 3.05. The Labute approximate surface area is 90.3 Å². The van der Waals surface area contributed by atoms with E-state index in [0.29, 0.717) is 0 Å². The second-order valence-electron chi connectivity index (χ2n) is 3.05. The molecule has 2 heteroatoms. The predicted molar refractivity (Wildman–Crippen MR) is 63.6 cm³/mol. The van der Waals surface area contributed by atoms with Gasteiger partial charge in [-0.25, -0.2) is 0 Å². The fourth-order valence-electron chi connectivity index (χ4n) is 1.06. The van der Waals surface area contributed by atoms with Crippen molar-refractivity contribution in [2.75, 3.05) is 5.32 Å². The summed E-state index contributed by atoms with van der Waals surface area (Å²) in [6.45, 7) is 2.05. The van der Waals surface area contributed by atoms with Gasteiger partial charge in [-0.05, 0) is 18.6 Å². The van der Waals surface area contributed by atoms with Crippen molar-refractivity contribution >= 4 is 11.6 Å². The van der Waals surface area contributed by atoms with E-state index in [0.717, 1.165) is 12.1 Å². The van der Waals surface area contributed by atoms with E-state index in [9.17, 15) is 4.79 Å². The number of rotatable bonds is 4. The normalized spacial score (nSPS) is 11.0. The van der Waals surface area contributed by atoms with Crippen LogP contribution in [0.1, 0.15) is 13.3 Å². The van der Waals surface area contributed by atoms with Gasteiger partial charge in [0.2, 0.25) is 5.91 Å². The van der Waals surface area contributed by atoms with Crippen LogP contribution in [0.25, 0.3) is 0 Å². The van der Waals surface area contributed by atoms with Crippen LogP contribution >= 0.6 is 0 Å². The molecule has 0 aliphatic heterocycles. The maximum absolute atomic E-state index is 11.3. The van der Waals surface area contributed by atoms with Crippen LogP contribution in [0.3, 0.4) is 0 Å². The smallest absolute Gasteiger partial charge is 0.248 e. The Hall–Kier alpha value is -1.83. The number of hydrogen-bond acceptors (Lipinski definition) is 1. The molecule has 0 aliphatic carbocycles. The van der Waals surface area contributed by atoms with Crippen molar-refractivity contribution in [3.8, 4) is 0 Å². The van der Waals surface area contributed by atoms with E-state index >= 15 is 0 Å². The van der Waals surface area contributed by atoms with Crippen LogP contribution in [0.15, 0.2) is 54.6 Å². The molecule has 0 heterocycles. The maximum atomic E-state index is 11.3. The van der Waals surface area contributed by atoms with Crippen LogP contribution in [0.4, 0.5) is 5.69 Å². The average molecular weight is 201 g/mol. The van der Waals surface area contributed by atoms with Crippen LogP contribution < -0.4 is 5.32 Å². The van der Waals surface area contributed by atoms with Gasteiger partial charge in [-0.1, -0.05) is 43.4 Å². The van der Waals surface area contributed by atoms with E-state index in [4.69, 9.17) is 0 Å². The molecule has 0 fully saturated rings. The summed E-state index contributed by atoms with van der Waals surface area (Å²) in [5, 5.41) is 2.76. The summed E-state index contributed by atoms with van der Waals surface area (Å²) < 4.78 is 0. The zero-order valence-corrected chi connectivity index (χ0v) is 8.81. The quantitative estimate of drug-likeness (QED) is 0.588. The van der Waals surface area contributed by atoms with Gasteiger partial charge in [-0.3, -0.25) is 4.79 Å². The Bertz CT molecular complexity index is 352. The predicted octanol–water partition coefficient (Wildman–Crippen LogP) is 3.15. The molecule has 1 amide bonds. The highest BCUT2D eigenvalue weighted by atomic mass is 16.1. The molecule has 0 atom stereocenters. The molecule has 0 radical (unpaired) electrons. The first-order valence-electron chi connectivity index (χ1n) is 5.02. The zero-order chi connectivity index (χ0) is 10.9. The number of anilines is 1. The number of para-hydroxylation sites is 1. The van der Waals surface area contributed by atoms with Crippen LogP contribution in [0.2, 0.25) is 0 Å². The molecular weight excluding hydrogens is 186 g/mol. The van der Waals surface area contributed by atoms with Gasteiger partial charge in [0.15, 0.2) is 0 Å². The topological polar surface area (TPSA) is 29.1 Å².